The zero-order valence-electron chi connectivity index (χ0n) is 34.4. The Morgan fingerprint density at radius 1 is 0.554 bits per heavy atom. The molecule has 0 aliphatic heterocycles. The lowest BCUT2D eigenvalue weighted by Gasteiger charge is -2.20. The molecule has 0 saturated carbocycles. The number of hydrogen-bond acceptors (Lipinski definition) is 9. The van der Waals surface area contributed by atoms with E-state index in [0.29, 0.717) is 12.8 Å². The first-order valence-corrected chi connectivity index (χ1v) is 22.5. The first kappa shape index (κ1) is 52.9. The van der Waals surface area contributed by atoms with Crippen molar-refractivity contribution in [2.75, 3.05) is 19.8 Å². The highest BCUT2D eigenvalue weighted by Gasteiger charge is 2.28. The number of rotatable bonds is 38. The molecular formula is C44H74NO10P. The number of carbonyl (C=O) groups excluding carboxylic acids is 2. The highest BCUT2D eigenvalue weighted by molar-refractivity contribution is 7.47. The largest absolute Gasteiger partial charge is 0.480 e. The summed E-state index contributed by atoms with van der Waals surface area (Å²) in [5.41, 5.74) is 5.32. The summed E-state index contributed by atoms with van der Waals surface area (Å²) >= 11 is 0. The van der Waals surface area contributed by atoms with Crippen molar-refractivity contribution < 1.29 is 47.5 Å². The Kier molecular flexibility index (Phi) is 36.6. The van der Waals surface area contributed by atoms with Gasteiger partial charge in [-0.25, -0.2) is 4.57 Å². The Labute approximate surface area is 338 Å². The van der Waals surface area contributed by atoms with Crippen molar-refractivity contribution in [1.82, 2.24) is 0 Å². The first-order chi connectivity index (χ1) is 27.1. The van der Waals surface area contributed by atoms with Crippen molar-refractivity contribution in [1.29, 1.82) is 0 Å². The normalized spacial score (nSPS) is 14.5. The topological polar surface area (TPSA) is 172 Å². The van der Waals surface area contributed by atoms with Crippen LogP contribution in [0.3, 0.4) is 0 Å². The predicted molar refractivity (Wildman–Crippen MR) is 226 cm³/mol. The fraction of sp³-hybridized carbons (Fsp3) is 0.659. The van der Waals surface area contributed by atoms with Crippen LogP contribution in [0.25, 0.3) is 0 Å². The lowest BCUT2D eigenvalue weighted by Crippen LogP contribution is -2.34. The molecule has 56 heavy (non-hydrogen) atoms. The number of carboxylic acid groups (broad SMARTS) is 1. The van der Waals surface area contributed by atoms with Crippen LogP contribution in [-0.4, -0.2) is 59.9 Å². The fourth-order valence-electron chi connectivity index (χ4n) is 5.08. The second-order valence-corrected chi connectivity index (χ2v) is 15.2. The molecule has 0 saturated heterocycles. The van der Waals surface area contributed by atoms with Gasteiger partial charge < -0.3 is 25.2 Å². The summed E-state index contributed by atoms with van der Waals surface area (Å²) in [4.78, 5) is 45.9. The second kappa shape index (κ2) is 38.8. The summed E-state index contributed by atoms with van der Waals surface area (Å²) in [5, 5.41) is 8.88. The van der Waals surface area contributed by atoms with Crippen molar-refractivity contribution in [2.24, 2.45) is 5.73 Å². The average Bonchev–Trinajstić information content (AvgIpc) is 3.17. The number of ether oxygens (including phenoxy) is 2. The molecule has 4 N–H and O–H groups in total. The number of esters is 2. The van der Waals surface area contributed by atoms with E-state index < -0.39 is 51.1 Å². The number of carboxylic acids is 1. The van der Waals surface area contributed by atoms with Crippen LogP contribution in [0.15, 0.2) is 72.9 Å². The smallest absolute Gasteiger partial charge is 0.472 e. The minimum Gasteiger partial charge on any atom is -0.480 e. The van der Waals surface area contributed by atoms with E-state index in [-0.39, 0.29) is 19.4 Å². The molecule has 320 valence electrons. The number of hydrogen-bond donors (Lipinski definition) is 3. The molecule has 0 radical (unpaired) electrons. The van der Waals surface area contributed by atoms with Gasteiger partial charge in [0.1, 0.15) is 12.6 Å². The minimum absolute atomic E-state index is 0.117. The average molecular weight is 808 g/mol. The van der Waals surface area contributed by atoms with E-state index in [2.05, 4.69) is 91.3 Å². The summed E-state index contributed by atoms with van der Waals surface area (Å²) in [6.07, 6.45) is 45.3. The molecule has 1 unspecified atom stereocenters. The number of phosphoric ester groups is 1. The van der Waals surface area contributed by atoms with Crippen molar-refractivity contribution in [3.8, 4) is 0 Å². The molecule has 0 fully saturated rings. The molecule has 0 aliphatic rings. The molecule has 0 aromatic rings. The zero-order chi connectivity index (χ0) is 41.4. The number of aliphatic carboxylic acids is 1. The predicted octanol–water partition coefficient (Wildman–Crippen LogP) is 10.9. The maximum atomic E-state index is 12.6. The van der Waals surface area contributed by atoms with Gasteiger partial charge in [-0.05, 0) is 83.5 Å². The second-order valence-electron chi connectivity index (χ2n) is 13.8. The first-order valence-electron chi connectivity index (χ1n) is 21.0. The van der Waals surface area contributed by atoms with Gasteiger partial charge in [0.05, 0.1) is 13.2 Å². The van der Waals surface area contributed by atoms with E-state index in [1.54, 1.807) is 0 Å². The van der Waals surface area contributed by atoms with Crippen LogP contribution >= 0.6 is 7.82 Å². The molecule has 0 heterocycles. The highest BCUT2D eigenvalue weighted by atomic mass is 31.2. The van der Waals surface area contributed by atoms with Crippen molar-refractivity contribution in [2.45, 2.75) is 167 Å². The summed E-state index contributed by atoms with van der Waals surface area (Å²) in [6.45, 7) is 2.64. The third-order valence-corrected chi connectivity index (χ3v) is 9.36. The van der Waals surface area contributed by atoms with Crippen LogP contribution in [0.4, 0.5) is 0 Å². The SMILES string of the molecule is CCC/C=C/C/C=C/C/C=C/C/C=C/CCCCCC(=O)O[C@H](COC(=O)CCCCCCC/C=C/C/C=C/CCCCC)COP(=O)(O)OC[C@H](N)C(=O)O. The lowest BCUT2D eigenvalue weighted by atomic mass is 10.1. The van der Waals surface area contributed by atoms with Gasteiger partial charge in [-0.2, -0.15) is 0 Å². The zero-order valence-corrected chi connectivity index (χ0v) is 35.3. The molecule has 0 aromatic carbocycles. The third kappa shape index (κ3) is 37.8. The van der Waals surface area contributed by atoms with Crippen LogP contribution in [0.2, 0.25) is 0 Å². The number of unbranched alkanes of at least 4 members (excludes halogenated alkanes) is 12. The molecule has 0 spiro atoms. The van der Waals surface area contributed by atoms with Crippen molar-refractivity contribution >= 4 is 25.7 Å². The summed E-state index contributed by atoms with van der Waals surface area (Å²) in [7, 11) is -4.73. The Bertz CT molecular complexity index is 1230. The quantitative estimate of drug-likeness (QED) is 0.0235. The molecular weight excluding hydrogens is 733 g/mol. The molecule has 0 rings (SSSR count). The Balaban J connectivity index is 4.49. The fourth-order valence-corrected chi connectivity index (χ4v) is 5.86. The molecule has 0 bridgehead atoms. The van der Waals surface area contributed by atoms with Gasteiger partial charge in [0, 0.05) is 12.8 Å². The summed E-state index contributed by atoms with van der Waals surface area (Å²) in [6, 6.07) is -1.53. The van der Waals surface area contributed by atoms with E-state index in [1.807, 2.05) is 0 Å². The van der Waals surface area contributed by atoms with Crippen LogP contribution < -0.4 is 5.73 Å². The minimum atomic E-state index is -4.73. The molecule has 11 nitrogen and oxygen atoms in total. The maximum absolute atomic E-state index is 12.6. The summed E-state index contributed by atoms with van der Waals surface area (Å²) in [5.74, 6) is -2.45. The van der Waals surface area contributed by atoms with Crippen molar-refractivity contribution in [3.05, 3.63) is 72.9 Å². The van der Waals surface area contributed by atoms with Gasteiger partial charge >= 0.3 is 25.7 Å². The van der Waals surface area contributed by atoms with Crippen LogP contribution in [0, 0.1) is 0 Å². The Hall–Kier alpha value is -3.08. The third-order valence-electron chi connectivity index (χ3n) is 8.41. The number of nitrogens with two attached hydrogens (primary N) is 1. The molecule has 0 amide bonds. The van der Waals surface area contributed by atoms with Crippen molar-refractivity contribution in [3.63, 3.8) is 0 Å². The van der Waals surface area contributed by atoms with E-state index in [4.69, 9.17) is 24.8 Å². The number of carbonyl (C=O) groups is 3. The molecule has 0 aliphatic carbocycles. The Morgan fingerprint density at radius 3 is 1.50 bits per heavy atom. The number of allylic oxidation sites excluding steroid dienone is 12. The molecule has 3 atom stereocenters. The van der Waals surface area contributed by atoms with Gasteiger partial charge in [-0.3, -0.25) is 23.4 Å². The lowest BCUT2D eigenvalue weighted by molar-refractivity contribution is -0.161. The van der Waals surface area contributed by atoms with Gasteiger partial charge in [-0.15, -0.1) is 0 Å². The highest BCUT2D eigenvalue weighted by Crippen LogP contribution is 2.43. The van der Waals surface area contributed by atoms with Crippen LogP contribution in [0.5, 0.6) is 0 Å². The van der Waals surface area contributed by atoms with Crippen LogP contribution in [-0.2, 0) is 37.5 Å². The summed E-state index contributed by atoms with van der Waals surface area (Å²) < 4.78 is 32.6. The monoisotopic (exact) mass is 808 g/mol. The van der Waals surface area contributed by atoms with E-state index in [1.165, 1.54) is 25.7 Å². The van der Waals surface area contributed by atoms with Gasteiger partial charge in [0.25, 0.3) is 0 Å². The molecule has 0 aromatic heterocycles. The maximum Gasteiger partial charge on any atom is 0.472 e. The van der Waals surface area contributed by atoms with Gasteiger partial charge in [-0.1, -0.05) is 132 Å². The van der Waals surface area contributed by atoms with Gasteiger partial charge in [0.15, 0.2) is 6.10 Å². The standard InChI is InChI=1S/C44H74NO10P/c1-3-5-7-9-11-13-15-17-19-20-22-24-26-28-30-32-34-36-43(47)55-40(38-53-56(50,51)54-39-41(45)44(48)49)37-52-42(46)35-33-31-29-27-25-23-21-18-16-14-12-10-8-6-4-2/h7,9,12-15,18-21,24,26,40-41H,3-6,8,10-11,16-17,22-23,25,27-39,45H2,1-2H3,(H,48,49)(H,50,51)/b9-7+,14-12+,15-13+,20-19+,21-18+,26-24+/t40-,41+/m1/s1. The number of phosphoric acid groups is 1. The van der Waals surface area contributed by atoms with E-state index in [0.717, 1.165) is 89.9 Å². The van der Waals surface area contributed by atoms with Gasteiger partial charge in [0.2, 0.25) is 0 Å². The van der Waals surface area contributed by atoms with E-state index in [9.17, 15) is 23.8 Å². The van der Waals surface area contributed by atoms with E-state index >= 15 is 0 Å². The van der Waals surface area contributed by atoms with Crippen LogP contribution in [0.1, 0.15) is 155 Å². The molecule has 12 heteroatoms. The Morgan fingerprint density at radius 2 is 0.982 bits per heavy atom.